The summed E-state index contributed by atoms with van der Waals surface area (Å²) in [5.74, 6) is 6.03. The van der Waals surface area contributed by atoms with Crippen LogP contribution in [0.15, 0.2) is 0 Å². The second-order valence-corrected chi connectivity index (χ2v) is 4.73. The zero-order valence-electron chi connectivity index (χ0n) is 11.5. The molecule has 0 aromatic rings. The van der Waals surface area contributed by atoms with Crippen molar-refractivity contribution in [3.63, 3.8) is 0 Å². The van der Waals surface area contributed by atoms with Crippen molar-refractivity contribution in [1.82, 2.24) is 0 Å². The van der Waals surface area contributed by atoms with Crippen molar-refractivity contribution in [3.05, 3.63) is 0 Å². The van der Waals surface area contributed by atoms with E-state index in [1.54, 1.807) is 0 Å². The first-order valence-corrected chi connectivity index (χ1v) is 7.03. The molecule has 0 aliphatic carbocycles. The predicted molar refractivity (Wildman–Crippen MR) is 70.8 cm³/mol. The Hall–Kier alpha value is -1.01. The maximum atomic E-state index is 10.8. The standard InChI is InChI=1S/C15H24O3/c1-3-4-5-6-7-8-10-14-11-9-12-15(18-14)17-13(2)16/h14-15H,3-7,9,11-12H2,1-2H3. The third-order valence-electron chi connectivity index (χ3n) is 2.94. The van der Waals surface area contributed by atoms with Crippen molar-refractivity contribution >= 4 is 5.97 Å². The first kappa shape index (κ1) is 15.0. The zero-order chi connectivity index (χ0) is 13.2. The van der Waals surface area contributed by atoms with Crippen LogP contribution >= 0.6 is 0 Å². The maximum absolute atomic E-state index is 10.8. The van der Waals surface area contributed by atoms with Crippen molar-refractivity contribution in [2.75, 3.05) is 0 Å². The summed E-state index contributed by atoms with van der Waals surface area (Å²) < 4.78 is 10.7. The van der Waals surface area contributed by atoms with Gasteiger partial charge >= 0.3 is 5.97 Å². The molecule has 1 aliphatic rings. The van der Waals surface area contributed by atoms with Crippen LogP contribution in [-0.2, 0) is 14.3 Å². The molecule has 1 rings (SSSR count). The topological polar surface area (TPSA) is 35.5 Å². The smallest absolute Gasteiger partial charge is 0.304 e. The highest BCUT2D eigenvalue weighted by Crippen LogP contribution is 2.19. The van der Waals surface area contributed by atoms with E-state index in [1.807, 2.05) is 0 Å². The fraction of sp³-hybridized carbons (Fsp3) is 0.800. The Labute approximate surface area is 110 Å². The molecule has 102 valence electrons. The Morgan fingerprint density at radius 1 is 1.33 bits per heavy atom. The van der Waals surface area contributed by atoms with Gasteiger partial charge in [-0.15, -0.1) is 5.92 Å². The molecule has 0 radical (unpaired) electrons. The molecule has 1 saturated heterocycles. The van der Waals surface area contributed by atoms with Gasteiger partial charge in [-0.05, 0) is 19.3 Å². The lowest BCUT2D eigenvalue weighted by molar-refractivity contribution is -0.192. The molecule has 2 atom stereocenters. The van der Waals surface area contributed by atoms with Crippen LogP contribution in [0.1, 0.15) is 65.2 Å². The van der Waals surface area contributed by atoms with Crippen LogP contribution in [0.4, 0.5) is 0 Å². The Bertz CT molecular complexity index is 301. The number of unbranched alkanes of at least 4 members (excludes halogenated alkanes) is 4. The van der Waals surface area contributed by atoms with E-state index < -0.39 is 6.29 Å². The van der Waals surface area contributed by atoms with E-state index >= 15 is 0 Å². The Kier molecular flexibility index (Phi) is 7.52. The largest absolute Gasteiger partial charge is 0.436 e. The second kappa shape index (κ2) is 8.99. The lowest BCUT2D eigenvalue weighted by atomic mass is 10.1. The average molecular weight is 252 g/mol. The fourth-order valence-electron chi connectivity index (χ4n) is 1.99. The van der Waals surface area contributed by atoms with Gasteiger partial charge in [0.2, 0.25) is 6.29 Å². The van der Waals surface area contributed by atoms with Crippen LogP contribution in [0.3, 0.4) is 0 Å². The van der Waals surface area contributed by atoms with Crippen LogP contribution in [0.5, 0.6) is 0 Å². The predicted octanol–water partition coefficient (Wildman–Crippen LogP) is 3.42. The zero-order valence-corrected chi connectivity index (χ0v) is 11.5. The van der Waals surface area contributed by atoms with Crippen LogP contribution in [-0.4, -0.2) is 18.4 Å². The molecule has 3 heteroatoms. The third kappa shape index (κ3) is 6.66. The van der Waals surface area contributed by atoms with E-state index in [-0.39, 0.29) is 12.1 Å². The average Bonchev–Trinajstić information content (AvgIpc) is 2.33. The molecule has 0 N–H and O–H groups in total. The van der Waals surface area contributed by atoms with Crippen molar-refractivity contribution in [2.24, 2.45) is 0 Å². The molecule has 0 saturated carbocycles. The Balaban J connectivity index is 2.21. The number of hydrogen-bond acceptors (Lipinski definition) is 3. The third-order valence-corrected chi connectivity index (χ3v) is 2.94. The molecule has 0 aromatic carbocycles. The quantitative estimate of drug-likeness (QED) is 0.427. The maximum Gasteiger partial charge on any atom is 0.304 e. The Morgan fingerprint density at radius 2 is 2.17 bits per heavy atom. The van der Waals surface area contributed by atoms with Crippen molar-refractivity contribution in [1.29, 1.82) is 0 Å². The monoisotopic (exact) mass is 252 g/mol. The van der Waals surface area contributed by atoms with Gasteiger partial charge in [0.1, 0.15) is 6.10 Å². The first-order valence-electron chi connectivity index (χ1n) is 7.03. The molecule has 2 unspecified atom stereocenters. The number of carbonyl (C=O) groups excluding carboxylic acids is 1. The number of carbonyl (C=O) groups is 1. The van der Waals surface area contributed by atoms with E-state index in [4.69, 9.17) is 9.47 Å². The minimum absolute atomic E-state index is 0.0609. The van der Waals surface area contributed by atoms with Gasteiger partial charge in [0, 0.05) is 19.8 Å². The van der Waals surface area contributed by atoms with E-state index in [0.29, 0.717) is 0 Å². The van der Waals surface area contributed by atoms with Crippen molar-refractivity contribution in [2.45, 2.75) is 77.6 Å². The molecule has 0 aromatic heterocycles. The van der Waals surface area contributed by atoms with Crippen LogP contribution in [0.25, 0.3) is 0 Å². The van der Waals surface area contributed by atoms with Crippen LogP contribution in [0.2, 0.25) is 0 Å². The van der Waals surface area contributed by atoms with Gasteiger partial charge in [0.05, 0.1) is 0 Å². The number of ether oxygens (including phenoxy) is 2. The highest BCUT2D eigenvalue weighted by molar-refractivity contribution is 5.66. The summed E-state index contributed by atoms with van der Waals surface area (Å²) in [7, 11) is 0. The first-order chi connectivity index (χ1) is 8.72. The van der Waals surface area contributed by atoms with Crippen LogP contribution < -0.4 is 0 Å². The van der Waals surface area contributed by atoms with Crippen molar-refractivity contribution in [3.8, 4) is 11.8 Å². The number of esters is 1. The van der Waals surface area contributed by atoms with Gasteiger partial charge in [0.25, 0.3) is 0 Å². The summed E-state index contributed by atoms with van der Waals surface area (Å²) >= 11 is 0. The number of hydrogen-bond donors (Lipinski definition) is 0. The van der Waals surface area contributed by atoms with Crippen LogP contribution in [0, 0.1) is 11.8 Å². The summed E-state index contributed by atoms with van der Waals surface area (Å²) in [5.41, 5.74) is 0. The van der Waals surface area contributed by atoms with E-state index in [1.165, 1.54) is 32.6 Å². The van der Waals surface area contributed by atoms with Gasteiger partial charge in [-0.1, -0.05) is 32.1 Å². The van der Waals surface area contributed by atoms with E-state index in [9.17, 15) is 4.79 Å². The van der Waals surface area contributed by atoms with Gasteiger partial charge in [-0.2, -0.15) is 0 Å². The summed E-state index contributed by atoms with van der Waals surface area (Å²) in [6.07, 6.45) is 8.19. The van der Waals surface area contributed by atoms with Gasteiger partial charge in [-0.3, -0.25) is 4.79 Å². The highest BCUT2D eigenvalue weighted by Gasteiger charge is 2.22. The van der Waals surface area contributed by atoms with Gasteiger partial charge < -0.3 is 9.47 Å². The molecule has 1 aliphatic heterocycles. The van der Waals surface area contributed by atoms with E-state index in [0.717, 1.165) is 25.7 Å². The molecule has 0 bridgehead atoms. The molecule has 3 nitrogen and oxygen atoms in total. The van der Waals surface area contributed by atoms with E-state index in [2.05, 4.69) is 18.8 Å². The van der Waals surface area contributed by atoms with Gasteiger partial charge in [-0.25, -0.2) is 0 Å². The Morgan fingerprint density at radius 3 is 2.89 bits per heavy atom. The molecule has 1 heterocycles. The highest BCUT2D eigenvalue weighted by atomic mass is 16.7. The minimum atomic E-state index is -0.393. The summed E-state index contributed by atoms with van der Waals surface area (Å²) in [6.45, 7) is 3.61. The molecule has 0 spiro atoms. The SMILES string of the molecule is CCCCCCC#CC1CCCC(OC(C)=O)O1. The normalized spacial score (nSPS) is 23.0. The fourth-order valence-corrected chi connectivity index (χ4v) is 1.99. The lowest BCUT2D eigenvalue weighted by Crippen LogP contribution is -2.30. The van der Waals surface area contributed by atoms with Gasteiger partial charge in [0.15, 0.2) is 0 Å². The molecular weight excluding hydrogens is 228 g/mol. The summed E-state index contributed by atoms with van der Waals surface area (Å²) in [6, 6.07) is 0. The lowest BCUT2D eigenvalue weighted by Gasteiger charge is -2.26. The second-order valence-electron chi connectivity index (χ2n) is 4.73. The molecule has 1 fully saturated rings. The number of rotatable bonds is 5. The minimum Gasteiger partial charge on any atom is -0.436 e. The van der Waals surface area contributed by atoms with Crippen molar-refractivity contribution < 1.29 is 14.3 Å². The molecule has 0 amide bonds. The molecular formula is C15H24O3. The summed E-state index contributed by atoms with van der Waals surface area (Å²) in [4.78, 5) is 10.8. The molecule has 18 heavy (non-hydrogen) atoms. The summed E-state index contributed by atoms with van der Waals surface area (Å²) in [5, 5.41) is 0.